The number of nitrogens with two attached hydrogens (primary N) is 1. The van der Waals surface area contributed by atoms with Crippen molar-refractivity contribution in [3.63, 3.8) is 0 Å². The number of pyridine rings is 1. The van der Waals surface area contributed by atoms with E-state index >= 15 is 0 Å². The zero-order valence-electron chi connectivity index (χ0n) is 10.6. The molecule has 2 N–H and O–H groups in total. The van der Waals surface area contributed by atoms with Gasteiger partial charge in [-0.1, -0.05) is 6.07 Å². The van der Waals surface area contributed by atoms with Crippen molar-refractivity contribution in [3.8, 4) is 0 Å². The van der Waals surface area contributed by atoms with Crippen molar-refractivity contribution in [1.29, 1.82) is 0 Å². The van der Waals surface area contributed by atoms with Crippen LogP contribution in [0.15, 0.2) is 30.5 Å². The van der Waals surface area contributed by atoms with Crippen LogP contribution in [0.1, 0.15) is 0 Å². The minimum Gasteiger partial charge on any atom is -0.399 e. The van der Waals surface area contributed by atoms with Crippen molar-refractivity contribution in [2.75, 3.05) is 43.9 Å². The van der Waals surface area contributed by atoms with Crippen LogP contribution in [-0.4, -0.2) is 43.1 Å². The number of likely N-dealkylation sites (N-methyl/N-ethyl adjacent to an activating group) is 1. The van der Waals surface area contributed by atoms with Gasteiger partial charge in [0.25, 0.3) is 0 Å². The molecule has 2 heterocycles. The third kappa shape index (κ3) is 2.11. The van der Waals surface area contributed by atoms with Crippen LogP contribution in [0.4, 0.5) is 11.4 Å². The molecule has 0 radical (unpaired) electrons. The second kappa shape index (κ2) is 4.46. The first kappa shape index (κ1) is 11.3. The van der Waals surface area contributed by atoms with Crippen LogP contribution in [-0.2, 0) is 0 Å². The molecule has 18 heavy (non-hydrogen) atoms. The van der Waals surface area contributed by atoms with Gasteiger partial charge in [-0.2, -0.15) is 0 Å². The minimum absolute atomic E-state index is 0.766. The summed E-state index contributed by atoms with van der Waals surface area (Å²) < 4.78 is 0. The quantitative estimate of drug-likeness (QED) is 0.771. The van der Waals surface area contributed by atoms with E-state index in [4.69, 9.17) is 5.73 Å². The lowest BCUT2D eigenvalue weighted by molar-refractivity contribution is 0.313. The fraction of sp³-hybridized carbons (Fsp3) is 0.357. The van der Waals surface area contributed by atoms with E-state index in [0.717, 1.165) is 42.8 Å². The van der Waals surface area contributed by atoms with Crippen LogP contribution in [0.2, 0.25) is 0 Å². The summed E-state index contributed by atoms with van der Waals surface area (Å²) in [5.74, 6) is 0. The van der Waals surface area contributed by atoms with Crippen LogP contribution < -0.4 is 10.6 Å². The van der Waals surface area contributed by atoms with Crippen molar-refractivity contribution in [1.82, 2.24) is 9.88 Å². The maximum absolute atomic E-state index is 5.76. The molecule has 0 atom stereocenters. The number of piperazine rings is 1. The summed E-state index contributed by atoms with van der Waals surface area (Å²) in [7, 11) is 2.17. The summed E-state index contributed by atoms with van der Waals surface area (Å²) in [6.07, 6.45) is 1.95. The average molecular weight is 242 g/mol. The van der Waals surface area contributed by atoms with Gasteiger partial charge in [-0.15, -0.1) is 0 Å². The molecule has 1 aliphatic rings. The van der Waals surface area contributed by atoms with E-state index in [-0.39, 0.29) is 0 Å². The Labute approximate surface area is 107 Å². The fourth-order valence-electron chi connectivity index (χ4n) is 2.36. The predicted molar refractivity (Wildman–Crippen MR) is 75.9 cm³/mol. The maximum atomic E-state index is 5.76. The number of nitrogens with zero attached hydrogens (tertiary/aromatic N) is 3. The topological polar surface area (TPSA) is 45.4 Å². The van der Waals surface area contributed by atoms with Gasteiger partial charge in [-0.05, 0) is 25.2 Å². The maximum Gasteiger partial charge on any atom is 0.0724 e. The van der Waals surface area contributed by atoms with Gasteiger partial charge in [0.2, 0.25) is 0 Å². The molecule has 3 rings (SSSR count). The Morgan fingerprint density at radius 2 is 1.89 bits per heavy atom. The Kier molecular flexibility index (Phi) is 2.80. The smallest absolute Gasteiger partial charge is 0.0724 e. The zero-order chi connectivity index (χ0) is 12.5. The molecule has 4 heteroatoms. The van der Waals surface area contributed by atoms with E-state index < -0.39 is 0 Å². The Morgan fingerprint density at radius 3 is 2.67 bits per heavy atom. The van der Waals surface area contributed by atoms with Gasteiger partial charge in [-0.3, -0.25) is 4.98 Å². The van der Waals surface area contributed by atoms with Gasteiger partial charge >= 0.3 is 0 Å². The largest absolute Gasteiger partial charge is 0.399 e. The molecular formula is C14H18N4. The molecule has 1 aliphatic heterocycles. The SMILES string of the molecule is CN1CCN(c2cnc3cc(N)ccc3c2)CC1. The van der Waals surface area contributed by atoms with E-state index in [0.29, 0.717) is 0 Å². The molecule has 94 valence electrons. The van der Waals surface area contributed by atoms with Crippen LogP contribution in [0.3, 0.4) is 0 Å². The van der Waals surface area contributed by atoms with Crippen molar-refractivity contribution in [3.05, 3.63) is 30.5 Å². The lowest BCUT2D eigenvalue weighted by Gasteiger charge is -2.33. The summed E-state index contributed by atoms with van der Waals surface area (Å²) in [5, 5.41) is 1.15. The van der Waals surface area contributed by atoms with E-state index in [1.165, 1.54) is 5.69 Å². The molecule has 4 nitrogen and oxygen atoms in total. The van der Waals surface area contributed by atoms with Crippen LogP contribution >= 0.6 is 0 Å². The van der Waals surface area contributed by atoms with E-state index in [2.05, 4.69) is 27.9 Å². The highest BCUT2D eigenvalue weighted by molar-refractivity contribution is 5.84. The fourth-order valence-corrected chi connectivity index (χ4v) is 2.36. The summed E-state index contributed by atoms with van der Waals surface area (Å²) in [5.41, 5.74) is 8.70. The Bertz CT molecular complexity index is 559. The minimum atomic E-state index is 0.766. The van der Waals surface area contributed by atoms with Crippen molar-refractivity contribution >= 4 is 22.3 Å². The summed E-state index contributed by atoms with van der Waals surface area (Å²) >= 11 is 0. The first-order valence-electron chi connectivity index (χ1n) is 6.31. The van der Waals surface area contributed by atoms with Crippen molar-refractivity contribution in [2.45, 2.75) is 0 Å². The van der Waals surface area contributed by atoms with E-state index in [1.807, 2.05) is 24.4 Å². The standard InChI is InChI=1S/C14H18N4/c1-17-4-6-18(7-5-17)13-8-11-2-3-12(15)9-14(11)16-10-13/h2-3,8-10H,4-7,15H2,1H3. The number of anilines is 2. The highest BCUT2D eigenvalue weighted by Gasteiger charge is 2.14. The number of benzene rings is 1. The lowest BCUT2D eigenvalue weighted by atomic mass is 10.2. The molecule has 0 unspecified atom stereocenters. The molecule has 1 aromatic heterocycles. The molecule has 0 saturated carbocycles. The molecule has 1 fully saturated rings. The number of rotatable bonds is 1. The summed E-state index contributed by atoms with van der Waals surface area (Å²) in [6, 6.07) is 8.09. The van der Waals surface area contributed by atoms with Crippen molar-refractivity contribution < 1.29 is 0 Å². The second-order valence-electron chi connectivity index (χ2n) is 4.94. The molecule has 0 bridgehead atoms. The highest BCUT2D eigenvalue weighted by atomic mass is 15.2. The number of nitrogen functional groups attached to an aromatic ring is 1. The van der Waals surface area contributed by atoms with Gasteiger partial charge in [0.15, 0.2) is 0 Å². The van der Waals surface area contributed by atoms with Crippen LogP contribution in [0, 0.1) is 0 Å². The molecular weight excluding hydrogens is 224 g/mol. The van der Waals surface area contributed by atoms with E-state index in [9.17, 15) is 0 Å². The molecule has 1 aromatic carbocycles. The van der Waals surface area contributed by atoms with Crippen LogP contribution in [0.25, 0.3) is 10.9 Å². The second-order valence-corrected chi connectivity index (χ2v) is 4.94. The number of hydrogen-bond acceptors (Lipinski definition) is 4. The Morgan fingerprint density at radius 1 is 1.11 bits per heavy atom. The van der Waals surface area contributed by atoms with Gasteiger partial charge in [-0.25, -0.2) is 0 Å². The molecule has 2 aromatic rings. The summed E-state index contributed by atoms with van der Waals surface area (Å²) in [6.45, 7) is 4.36. The molecule has 0 spiro atoms. The monoisotopic (exact) mass is 242 g/mol. The predicted octanol–water partition coefficient (Wildman–Crippen LogP) is 1.57. The van der Waals surface area contributed by atoms with E-state index in [1.54, 1.807) is 0 Å². The molecule has 0 amide bonds. The molecule has 1 saturated heterocycles. The zero-order valence-corrected chi connectivity index (χ0v) is 10.6. The first-order chi connectivity index (χ1) is 8.72. The summed E-state index contributed by atoms with van der Waals surface area (Å²) in [4.78, 5) is 9.25. The lowest BCUT2D eigenvalue weighted by Crippen LogP contribution is -2.44. The first-order valence-corrected chi connectivity index (χ1v) is 6.31. The van der Waals surface area contributed by atoms with Crippen molar-refractivity contribution in [2.24, 2.45) is 0 Å². The number of fused-ring (bicyclic) bond motifs is 1. The van der Waals surface area contributed by atoms with Gasteiger partial charge in [0, 0.05) is 37.3 Å². The Hall–Kier alpha value is -1.81. The number of hydrogen-bond donors (Lipinski definition) is 1. The highest BCUT2D eigenvalue weighted by Crippen LogP contribution is 2.22. The van der Waals surface area contributed by atoms with Crippen LogP contribution in [0.5, 0.6) is 0 Å². The average Bonchev–Trinajstić information content (AvgIpc) is 2.39. The third-order valence-electron chi connectivity index (χ3n) is 3.56. The van der Waals surface area contributed by atoms with Gasteiger partial charge in [0.1, 0.15) is 0 Å². The van der Waals surface area contributed by atoms with Gasteiger partial charge in [0.05, 0.1) is 17.4 Å². The Balaban J connectivity index is 1.91. The molecule has 0 aliphatic carbocycles. The third-order valence-corrected chi connectivity index (χ3v) is 3.56. The normalized spacial score (nSPS) is 17.3. The van der Waals surface area contributed by atoms with Gasteiger partial charge < -0.3 is 15.5 Å². The number of aromatic nitrogens is 1.